The Morgan fingerprint density at radius 2 is 1.83 bits per heavy atom. The van der Waals surface area contributed by atoms with Gasteiger partial charge in [0, 0.05) is 17.7 Å². The fourth-order valence-corrected chi connectivity index (χ4v) is 4.05. The Bertz CT molecular complexity index is 1070. The van der Waals surface area contributed by atoms with Crippen LogP contribution < -0.4 is 15.5 Å². The van der Waals surface area contributed by atoms with Crippen molar-refractivity contribution in [2.75, 3.05) is 11.4 Å². The average Bonchev–Trinajstić information content (AvgIpc) is 3.10. The summed E-state index contributed by atoms with van der Waals surface area (Å²) in [5.74, 6) is 1.57. The quantitative estimate of drug-likeness (QED) is 0.447. The molecule has 2 N–H and O–H groups in total. The zero-order valence-electron chi connectivity index (χ0n) is 21.7. The van der Waals surface area contributed by atoms with Gasteiger partial charge in [0.2, 0.25) is 11.8 Å². The first kappa shape index (κ1) is 29.2. The number of nitrogens with zero attached hydrogens (tertiary/aromatic N) is 1. The van der Waals surface area contributed by atoms with Crippen molar-refractivity contribution in [2.24, 2.45) is 0 Å². The molecule has 0 radical (unpaired) electrons. The van der Waals surface area contributed by atoms with E-state index < -0.39 is 56.4 Å². The van der Waals surface area contributed by atoms with Gasteiger partial charge in [-0.3, -0.25) is 14.5 Å². The largest absolute Gasteiger partial charge is 0.444 e. The van der Waals surface area contributed by atoms with E-state index in [4.69, 9.17) is 4.74 Å². The molecule has 36 heavy (non-hydrogen) atoms. The molecule has 0 saturated carbocycles. The molecule has 0 fully saturated rings. The van der Waals surface area contributed by atoms with Gasteiger partial charge in [0.05, 0.1) is 0 Å². The summed E-state index contributed by atoms with van der Waals surface area (Å²) < 4.78 is 43.5. The van der Waals surface area contributed by atoms with Crippen molar-refractivity contribution >= 4 is 31.7 Å². The Balaban J connectivity index is 2.40. The Labute approximate surface area is 211 Å². The number of hydrogen-bond acceptors (Lipinski definition) is 4. The van der Waals surface area contributed by atoms with Crippen molar-refractivity contribution in [2.45, 2.75) is 84.0 Å². The van der Waals surface area contributed by atoms with Gasteiger partial charge in [-0.05, 0) is 51.0 Å². The van der Waals surface area contributed by atoms with Crippen molar-refractivity contribution in [3.63, 3.8) is 0 Å². The van der Waals surface area contributed by atoms with Gasteiger partial charge < -0.3 is 15.4 Å². The fourth-order valence-electron chi connectivity index (χ4n) is 3.53. The minimum absolute atomic E-state index is 0.0239. The third kappa shape index (κ3) is 8.59. The summed E-state index contributed by atoms with van der Waals surface area (Å²) in [4.78, 5) is 39.8. The molecule has 11 heteroatoms. The second-order valence-electron chi connectivity index (χ2n) is 10.7. The molecule has 1 aromatic carbocycles. The smallest absolute Gasteiger partial charge is 0.408 e. The van der Waals surface area contributed by atoms with Crippen LogP contribution >= 0.6 is 0 Å². The second kappa shape index (κ2) is 10.9. The summed E-state index contributed by atoms with van der Waals surface area (Å²) in [6, 6.07) is 2.85. The van der Waals surface area contributed by atoms with Crippen LogP contribution in [-0.4, -0.2) is 56.4 Å². The number of rotatable bonds is 5. The van der Waals surface area contributed by atoms with Crippen molar-refractivity contribution in [3.8, 4) is 11.5 Å². The fraction of sp³-hybridized carbons (Fsp3) is 0.560. The van der Waals surface area contributed by atoms with Gasteiger partial charge in [-0.2, -0.15) is 13.2 Å². The number of amides is 3. The van der Waals surface area contributed by atoms with Gasteiger partial charge in [0.25, 0.3) is 0 Å². The summed E-state index contributed by atoms with van der Waals surface area (Å²) in [5, 5.41) is 4.39. The van der Waals surface area contributed by atoms with Crippen molar-refractivity contribution in [1.29, 1.82) is 0 Å². The van der Waals surface area contributed by atoms with Crippen LogP contribution in [0.25, 0.3) is 0 Å². The Morgan fingerprint density at radius 1 is 1.19 bits per heavy atom. The first-order valence-corrected chi connectivity index (χ1v) is 15.2. The first-order valence-electron chi connectivity index (χ1n) is 11.7. The highest BCUT2D eigenvalue weighted by Crippen LogP contribution is 2.34. The summed E-state index contributed by atoms with van der Waals surface area (Å²) in [7, 11) is -1.66. The molecule has 0 bridgehead atoms. The molecule has 0 aromatic heterocycles. The van der Waals surface area contributed by atoms with Gasteiger partial charge >= 0.3 is 12.3 Å². The van der Waals surface area contributed by atoms with Crippen LogP contribution in [0.1, 0.15) is 45.2 Å². The highest BCUT2D eigenvalue weighted by Gasteiger charge is 2.42. The van der Waals surface area contributed by atoms with Crippen molar-refractivity contribution < 1.29 is 32.3 Å². The lowest BCUT2D eigenvalue weighted by Gasteiger charge is -2.29. The van der Waals surface area contributed by atoms with E-state index in [0.717, 1.165) is 0 Å². The monoisotopic (exact) mass is 525 g/mol. The first-order chi connectivity index (χ1) is 16.4. The van der Waals surface area contributed by atoms with Crippen LogP contribution in [-0.2, 0) is 20.7 Å². The van der Waals surface area contributed by atoms with Crippen LogP contribution in [0, 0.1) is 11.5 Å². The number of fused-ring (bicyclic) bond motifs is 1. The summed E-state index contributed by atoms with van der Waals surface area (Å²) in [6.07, 6.45) is -5.20. The van der Waals surface area contributed by atoms with E-state index in [2.05, 4.69) is 36.4 Å². The number of nitrogens with one attached hydrogen (secondary N) is 2. The summed E-state index contributed by atoms with van der Waals surface area (Å²) in [6.45, 7) is 11.5. The standard InChI is InChI=1S/C25H34F3N3O4Si/c1-8-18(30-23(34)35-24(2,3)4)22(33)31-19-10-9-16(11-12-36(5,6)7)13-17(19)14-20(31)21(32)29-15-25(26,27)28/h9-10,13,18,20H,8,14-15H2,1-7H3,(H,29,32)(H,30,34)/t18-,20?/m0/s1. The molecule has 1 heterocycles. The van der Waals surface area contributed by atoms with E-state index in [1.54, 1.807) is 45.9 Å². The maximum Gasteiger partial charge on any atom is 0.408 e. The van der Waals surface area contributed by atoms with Crippen LogP contribution in [0.4, 0.5) is 23.7 Å². The molecule has 1 aromatic rings. The lowest BCUT2D eigenvalue weighted by molar-refractivity contribution is -0.139. The molecular formula is C25H34F3N3O4Si. The number of anilines is 1. The Hall–Kier alpha value is -3.00. The molecular weight excluding hydrogens is 491 g/mol. The highest BCUT2D eigenvalue weighted by molar-refractivity contribution is 6.83. The normalized spacial score (nSPS) is 16.4. The van der Waals surface area contributed by atoms with Gasteiger partial charge in [-0.1, -0.05) is 32.5 Å². The molecule has 198 valence electrons. The Kier molecular flexibility index (Phi) is 8.89. The molecule has 0 aliphatic carbocycles. The van der Waals surface area contributed by atoms with Crippen molar-refractivity contribution in [3.05, 3.63) is 29.3 Å². The van der Waals surface area contributed by atoms with E-state index in [9.17, 15) is 27.6 Å². The molecule has 2 atom stereocenters. The molecule has 0 saturated heterocycles. The molecule has 1 unspecified atom stereocenters. The van der Waals surface area contributed by atoms with E-state index in [-0.39, 0.29) is 12.8 Å². The molecule has 7 nitrogen and oxygen atoms in total. The highest BCUT2D eigenvalue weighted by atomic mass is 28.3. The maximum absolute atomic E-state index is 13.5. The number of ether oxygens (including phenoxy) is 1. The lowest BCUT2D eigenvalue weighted by Crippen LogP contribution is -2.55. The molecule has 1 aliphatic heterocycles. The number of halogens is 3. The predicted octanol–water partition coefficient (Wildman–Crippen LogP) is 4.16. The van der Waals surface area contributed by atoms with E-state index in [1.165, 1.54) is 4.90 Å². The SMILES string of the molecule is CC[C@H](NC(=O)OC(C)(C)C)C(=O)N1c2ccc(C#C[Si](C)(C)C)cc2CC1C(=O)NCC(F)(F)F. The molecule has 0 spiro atoms. The Morgan fingerprint density at radius 3 is 2.36 bits per heavy atom. The minimum atomic E-state index is -4.60. The topological polar surface area (TPSA) is 87.7 Å². The van der Waals surface area contributed by atoms with Crippen LogP contribution in [0.3, 0.4) is 0 Å². The zero-order valence-corrected chi connectivity index (χ0v) is 22.7. The molecule has 1 aliphatic rings. The van der Waals surface area contributed by atoms with Gasteiger partial charge in [0.15, 0.2) is 0 Å². The number of hydrogen-bond donors (Lipinski definition) is 2. The van der Waals surface area contributed by atoms with Gasteiger partial charge in [-0.25, -0.2) is 4.79 Å². The maximum atomic E-state index is 13.5. The number of carbonyl (C=O) groups excluding carboxylic acids is 3. The third-order valence-corrected chi connectivity index (χ3v) is 5.92. The third-order valence-electron chi connectivity index (χ3n) is 5.05. The zero-order chi connectivity index (χ0) is 27.5. The predicted molar refractivity (Wildman–Crippen MR) is 134 cm³/mol. The van der Waals surface area contributed by atoms with E-state index in [1.807, 2.05) is 5.32 Å². The average molecular weight is 526 g/mol. The number of carbonyl (C=O) groups is 3. The number of benzene rings is 1. The van der Waals surface area contributed by atoms with Gasteiger partial charge in [0.1, 0.15) is 32.3 Å². The van der Waals surface area contributed by atoms with E-state index >= 15 is 0 Å². The van der Waals surface area contributed by atoms with Crippen LogP contribution in [0.2, 0.25) is 19.6 Å². The van der Waals surface area contributed by atoms with E-state index in [0.29, 0.717) is 16.8 Å². The minimum Gasteiger partial charge on any atom is -0.444 e. The molecule has 2 rings (SSSR count). The summed E-state index contributed by atoms with van der Waals surface area (Å²) >= 11 is 0. The number of alkyl carbamates (subject to hydrolysis) is 1. The van der Waals surface area contributed by atoms with Gasteiger partial charge in [-0.15, -0.1) is 5.54 Å². The number of alkyl halides is 3. The van der Waals surface area contributed by atoms with Crippen LogP contribution in [0.15, 0.2) is 18.2 Å². The molecule has 3 amide bonds. The summed E-state index contributed by atoms with van der Waals surface area (Å²) in [5.41, 5.74) is 4.16. The lowest BCUT2D eigenvalue weighted by atomic mass is 10.1. The van der Waals surface area contributed by atoms with Crippen LogP contribution in [0.5, 0.6) is 0 Å². The second-order valence-corrected chi connectivity index (χ2v) is 15.5. The van der Waals surface area contributed by atoms with Crippen molar-refractivity contribution in [1.82, 2.24) is 10.6 Å².